The first-order valence-electron chi connectivity index (χ1n) is 13.0. The molecule has 2 aliphatic rings. The lowest BCUT2D eigenvalue weighted by Crippen LogP contribution is -2.26. The van der Waals surface area contributed by atoms with Crippen LogP contribution >= 0.6 is 0 Å². The number of aryl methyl sites for hydroxylation is 1. The molecule has 192 valence electrons. The maximum atomic E-state index is 11.3. The molecule has 1 aromatic heterocycles. The van der Waals surface area contributed by atoms with E-state index in [1.165, 1.54) is 31.8 Å². The highest BCUT2D eigenvalue weighted by atomic mass is 16.5. The molecule has 0 saturated heterocycles. The Morgan fingerprint density at radius 1 is 1.28 bits per heavy atom. The number of hydroxylamine groups is 1. The second-order valence-corrected chi connectivity index (χ2v) is 9.55. The first-order chi connectivity index (χ1) is 17.6. The minimum Gasteiger partial charge on any atom is -0.366 e. The summed E-state index contributed by atoms with van der Waals surface area (Å²) in [7, 11) is 0. The molecule has 1 aliphatic heterocycles. The Kier molecular flexibility index (Phi) is 10.8. The molecule has 1 aromatic rings. The van der Waals surface area contributed by atoms with Gasteiger partial charge in [0, 0.05) is 42.4 Å². The van der Waals surface area contributed by atoms with Crippen LogP contribution in [-0.4, -0.2) is 40.0 Å². The molecule has 2 heterocycles. The summed E-state index contributed by atoms with van der Waals surface area (Å²) in [5.74, 6) is 1.48. The summed E-state index contributed by atoms with van der Waals surface area (Å²) < 4.78 is 0. The van der Waals surface area contributed by atoms with Crippen molar-refractivity contribution in [3.05, 3.63) is 47.6 Å². The zero-order valence-corrected chi connectivity index (χ0v) is 21.4. The molecule has 2 unspecified atom stereocenters. The Morgan fingerprint density at radius 2 is 2.08 bits per heavy atom. The number of amides is 1. The zero-order chi connectivity index (χ0) is 25.8. The van der Waals surface area contributed by atoms with Crippen LogP contribution < -0.4 is 10.8 Å². The molecular weight excluding hydrogens is 452 g/mol. The Hall–Kier alpha value is -3.31. The molecule has 1 fully saturated rings. The highest BCUT2D eigenvalue weighted by Crippen LogP contribution is 2.38. The molecule has 1 saturated carbocycles. The van der Waals surface area contributed by atoms with Crippen molar-refractivity contribution in [2.45, 2.75) is 65.2 Å². The summed E-state index contributed by atoms with van der Waals surface area (Å²) in [6, 6.07) is 2.44. The number of rotatable bonds is 10. The molecule has 2 atom stereocenters. The molecule has 1 aliphatic carbocycles. The van der Waals surface area contributed by atoms with Crippen LogP contribution in [0.4, 0.5) is 0 Å². The van der Waals surface area contributed by atoms with Crippen molar-refractivity contribution >= 4 is 23.4 Å². The minimum atomic E-state index is -0.579. The monoisotopic (exact) mass is 490 g/mol. The smallest absolute Gasteiger partial charge is 0.267 e. The highest BCUT2D eigenvalue weighted by molar-refractivity contribution is 6.23. The van der Waals surface area contributed by atoms with E-state index in [0.717, 1.165) is 47.6 Å². The number of amidine groups is 1. The molecule has 8 heteroatoms. The molecule has 0 bridgehead atoms. The third-order valence-corrected chi connectivity index (χ3v) is 7.08. The van der Waals surface area contributed by atoms with Gasteiger partial charge in [-0.15, -0.1) is 0 Å². The van der Waals surface area contributed by atoms with Crippen LogP contribution in [-0.2, 0) is 4.79 Å². The standard InChI is InChI=1S/C28H38N6O2/c1-3-4-10-24-20(2)32-19-33-27(24)25-18-21(17-23(12-14-29)22-8-5-6-9-22)13-16-31-28(25)30-15-7-11-26(35)34-36/h4,7,10-11,18-19,21-23,36H,3,5-6,8-9,12-13,15-17H2,1-2H3,(H,30,31)(H,34,35)/b10-4-,11-7+. The van der Waals surface area contributed by atoms with E-state index in [9.17, 15) is 10.1 Å². The van der Waals surface area contributed by atoms with E-state index in [-0.39, 0.29) is 5.92 Å². The average Bonchev–Trinajstić information content (AvgIpc) is 3.35. The maximum absolute atomic E-state index is 11.3. The van der Waals surface area contributed by atoms with Crippen LogP contribution in [0, 0.1) is 36.0 Å². The van der Waals surface area contributed by atoms with Gasteiger partial charge in [0.2, 0.25) is 0 Å². The fourth-order valence-electron chi connectivity index (χ4n) is 5.22. The van der Waals surface area contributed by atoms with Crippen LogP contribution in [0.15, 0.2) is 35.6 Å². The fourth-order valence-corrected chi connectivity index (χ4v) is 5.22. The quantitative estimate of drug-likeness (QED) is 0.247. The van der Waals surface area contributed by atoms with Crippen LogP contribution in [0.5, 0.6) is 0 Å². The average molecular weight is 491 g/mol. The molecule has 0 spiro atoms. The van der Waals surface area contributed by atoms with E-state index >= 15 is 0 Å². The molecule has 1 amide bonds. The predicted molar refractivity (Wildman–Crippen MR) is 142 cm³/mol. The number of allylic oxidation sites excluding steroid dienone is 2. The molecule has 3 N–H and O–H groups in total. The van der Waals surface area contributed by atoms with E-state index in [4.69, 9.17) is 10.2 Å². The lowest BCUT2D eigenvalue weighted by Gasteiger charge is -2.24. The number of nitrogens with one attached hydrogen (secondary N) is 2. The third-order valence-electron chi connectivity index (χ3n) is 7.08. The number of carbonyl (C=O) groups excluding carboxylic acids is 1. The lowest BCUT2D eigenvalue weighted by molar-refractivity contribution is -0.124. The van der Waals surface area contributed by atoms with Crippen LogP contribution in [0.2, 0.25) is 0 Å². The van der Waals surface area contributed by atoms with Gasteiger partial charge in [-0.2, -0.15) is 5.26 Å². The maximum Gasteiger partial charge on any atom is 0.267 e. The minimum absolute atomic E-state index is 0.288. The summed E-state index contributed by atoms with van der Waals surface area (Å²) in [6.45, 7) is 5.12. The highest BCUT2D eigenvalue weighted by Gasteiger charge is 2.28. The van der Waals surface area contributed by atoms with Gasteiger partial charge in [-0.25, -0.2) is 15.4 Å². The number of carbonyl (C=O) groups is 1. The molecule has 3 rings (SSSR count). The number of nitriles is 1. The van der Waals surface area contributed by atoms with Gasteiger partial charge in [0.1, 0.15) is 12.2 Å². The summed E-state index contributed by atoms with van der Waals surface area (Å²) in [4.78, 5) is 25.3. The molecular formula is C28H38N6O2. The summed E-state index contributed by atoms with van der Waals surface area (Å²) in [5, 5.41) is 21.6. The topological polar surface area (TPSA) is 123 Å². The van der Waals surface area contributed by atoms with E-state index in [2.05, 4.69) is 46.5 Å². The molecule has 8 nitrogen and oxygen atoms in total. The van der Waals surface area contributed by atoms with Crippen molar-refractivity contribution in [3.8, 4) is 6.07 Å². The normalized spacial score (nSPS) is 19.6. The predicted octanol–water partition coefficient (Wildman–Crippen LogP) is 4.77. The van der Waals surface area contributed by atoms with Gasteiger partial charge in [-0.1, -0.05) is 56.9 Å². The van der Waals surface area contributed by atoms with E-state index in [1.807, 2.05) is 6.92 Å². The third kappa shape index (κ3) is 7.59. The van der Waals surface area contributed by atoms with E-state index in [1.54, 1.807) is 17.9 Å². The van der Waals surface area contributed by atoms with Crippen LogP contribution in [0.3, 0.4) is 0 Å². The number of nitrogens with zero attached hydrogens (tertiary/aromatic N) is 4. The SMILES string of the molecule is CC/C=C\c1c(C)ncnc1C1=CC(CC(CC#N)C2CCCC2)CCN=C1NC/C=C/C(=O)NO. The van der Waals surface area contributed by atoms with Gasteiger partial charge in [0.05, 0.1) is 11.8 Å². The van der Waals surface area contributed by atoms with Crippen molar-refractivity contribution in [2.24, 2.45) is 22.7 Å². The van der Waals surface area contributed by atoms with Gasteiger partial charge in [0.15, 0.2) is 0 Å². The Balaban J connectivity index is 1.95. The second kappa shape index (κ2) is 14.3. The first-order valence-corrected chi connectivity index (χ1v) is 13.0. The van der Waals surface area contributed by atoms with Gasteiger partial charge in [-0.05, 0) is 43.9 Å². The number of hydrogen-bond acceptors (Lipinski definition) is 7. The second-order valence-electron chi connectivity index (χ2n) is 9.55. The van der Waals surface area contributed by atoms with Gasteiger partial charge >= 0.3 is 0 Å². The summed E-state index contributed by atoms with van der Waals surface area (Å²) in [6.07, 6.45) is 19.4. The number of aliphatic imine (C=N–C) groups is 1. The van der Waals surface area contributed by atoms with Gasteiger partial charge < -0.3 is 5.32 Å². The van der Waals surface area contributed by atoms with Crippen molar-refractivity contribution in [1.82, 2.24) is 20.8 Å². The zero-order valence-electron chi connectivity index (χ0n) is 21.4. The van der Waals surface area contributed by atoms with Crippen LogP contribution in [0.1, 0.15) is 75.2 Å². The Bertz CT molecular complexity index is 1050. The van der Waals surface area contributed by atoms with Crippen molar-refractivity contribution in [1.29, 1.82) is 5.26 Å². The van der Waals surface area contributed by atoms with Crippen molar-refractivity contribution < 1.29 is 10.0 Å². The molecule has 0 radical (unpaired) electrons. The fraction of sp³-hybridized carbons (Fsp3) is 0.536. The van der Waals surface area contributed by atoms with E-state index in [0.29, 0.717) is 31.3 Å². The van der Waals surface area contributed by atoms with Crippen LogP contribution in [0.25, 0.3) is 11.6 Å². The molecule has 36 heavy (non-hydrogen) atoms. The number of hydrogen-bond donors (Lipinski definition) is 3. The first kappa shape index (κ1) is 27.3. The van der Waals surface area contributed by atoms with Crippen molar-refractivity contribution in [3.63, 3.8) is 0 Å². The Labute approximate surface area is 214 Å². The number of aromatic nitrogens is 2. The van der Waals surface area contributed by atoms with Gasteiger partial charge in [-0.3, -0.25) is 15.0 Å². The van der Waals surface area contributed by atoms with Crippen molar-refractivity contribution in [2.75, 3.05) is 13.1 Å². The summed E-state index contributed by atoms with van der Waals surface area (Å²) in [5.41, 5.74) is 5.23. The molecule has 0 aromatic carbocycles. The van der Waals surface area contributed by atoms with E-state index < -0.39 is 5.91 Å². The summed E-state index contributed by atoms with van der Waals surface area (Å²) >= 11 is 0. The van der Waals surface area contributed by atoms with Gasteiger partial charge in [0.25, 0.3) is 5.91 Å². The largest absolute Gasteiger partial charge is 0.366 e. The lowest BCUT2D eigenvalue weighted by atomic mass is 9.80. The Morgan fingerprint density at radius 3 is 2.81 bits per heavy atom.